The second kappa shape index (κ2) is 11.7. The molecule has 0 saturated heterocycles. The minimum Gasteiger partial charge on any atom is -0.464 e. The number of ether oxygens (including phenoxy) is 1. The molecule has 0 unspecified atom stereocenters. The summed E-state index contributed by atoms with van der Waals surface area (Å²) in [4.78, 5) is 28.6. The van der Waals surface area contributed by atoms with Gasteiger partial charge in [-0.25, -0.2) is 13.2 Å². The first-order valence-corrected chi connectivity index (χ1v) is 11.2. The molecule has 0 aliphatic carbocycles. The SMILES string of the molecule is CCCOC(=O)[C@@H](CS(=O)(=O)C(CCC)CCC)NC(=O)c1cccnc1. The van der Waals surface area contributed by atoms with Crippen molar-refractivity contribution in [3.05, 3.63) is 30.1 Å². The van der Waals surface area contributed by atoms with Gasteiger partial charge in [-0.05, 0) is 31.4 Å². The van der Waals surface area contributed by atoms with E-state index in [9.17, 15) is 18.0 Å². The summed E-state index contributed by atoms with van der Waals surface area (Å²) in [6.07, 6.45) is 6.01. The quantitative estimate of drug-likeness (QED) is 0.543. The van der Waals surface area contributed by atoms with Crippen LogP contribution in [0, 0.1) is 0 Å². The summed E-state index contributed by atoms with van der Waals surface area (Å²) in [5.41, 5.74) is 0.252. The van der Waals surface area contributed by atoms with Gasteiger partial charge >= 0.3 is 5.97 Å². The van der Waals surface area contributed by atoms with Crippen molar-refractivity contribution in [3.63, 3.8) is 0 Å². The van der Waals surface area contributed by atoms with Gasteiger partial charge < -0.3 is 10.1 Å². The number of pyridine rings is 1. The molecular formula is C19H30N2O5S. The van der Waals surface area contributed by atoms with E-state index in [1.54, 1.807) is 12.1 Å². The fourth-order valence-corrected chi connectivity index (χ4v) is 4.87. The van der Waals surface area contributed by atoms with E-state index in [-0.39, 0.29) is 12.2 Å². The number of amides is 1. The minimum absolute atomic E-state index is 0.172. The maximum Gasteiger partial charge on any atom is 0.329 e. The molecule has 27 heavy (non-hydrogen) atoms. The van der Waals surface area contributed by atoms with Gasteiger partial charge in [0.2, 0.25) is 0 Å². The Bertz CT molecular complexity index is 685. The summed E-state index contributed by atoms with van der Waals surface area (Å²) in [7, 11) is -3.57. The molecule has 1 amide bonds. The molecule has 1 atom stereocenters. The molecule has 1 heterocycles. The summed E-state index contributed by atoms with van der Waals surface area (Å²) < 4.78 is 30.8. The summed E-state index contributed by atoms with van der Waals surface area (Å²) >= 11 is 0. The molecule has 0 aliphatic heterocycles. The van der Waals surface area contributed by atoms with E-state index in [1.165, 1.54) is 12.4 Å². The van der Waals surface area contributed by atoms with E-state index in [2.05, 4.69) is 10.3 Å². The normalized spacial score (nSPS) is 12.6. The average molecular weight is 399 g/mol. The molecule has 0 bridgehead atoms. The third-order valence-electron chi connectivity index (χ3n) is 4.09. The minimum atomic E-state index is -3.57. The number of nitrogens with zero attached hydrogens (tertiary/aromatic N) is 1. The highest BCUT2D eigenvalue weighted by Gasteiger charge is 2.33. The summed E-state index contributed by atoms with van der Waals surface area (Å²) in [6, 6.07) is 1.89. The van der Waals surface area contributed by atoms with Crippen LogP contribution in [0.5, 0.6) is 0 Å². The van der Waals surface area contributed by atoms with Crippen molar-refractivity contribution in [2.24, 2.45) is 0 Å². The van der Waals surface area contributed by atoms with Gasteiger partial charge in [0.25, 0.3) is 5.91 Å². The third kappa shape index (κ3) is 7.66. The topological polar surface area (TPSA) is 102 Å². The molecule has 0 spiro atoms. The van der Waals surface area contributed by atoms with E-state index in [1.807, 2.05) is 20.8 Å². The zero-order valence-electron chi connectivity index (χ0n) is 16.3. The Morgan fingerprint density at radius 3 is 2.33 bits per heavy atom. The van der Waals surface area contributed by atoms with Gasteiger partial charge in [0.05, 0.1) is 23.2 Å². The molecule has 7 nitrogen and oxygen atoms in total. The second-order valence-electron chi connectivity index (χ2n) is 6.46. The van der Waals surface area contributed by atoms with E-state index < -0.39 is 38.8 Å². The van der Waals surface area contributed by atoms with Gasteiger partial charge in [-0.3, -0.25) is 9.78 Å². The number of hydrogen-bond acceptors (Lipinski definition) is 6. The lowest BCUT2D eigenvalue weighted by molar-refractivity contribution is -0.145. The van der Waals surface area contributed by atoms with Crippen LogP contribution < -0.4 is 5.32 Å². The van der Waals surface area contributed by atoms with Gasteiger partial charge in [-0.2, -0.15) is 0 Å². The zero-order valence-corrected chi connectivity index (χ0v) is 17.1. The number of rotatable bonds is 12. The number of esters is 1. The fraction of sp³-hybridized carbons (Fsp3) is 0.632. The third-order valence-corrected chi connectivity index (χ3v) is 6.38. The lowest BCUT2D eigenvalue weighted by Crippen LogP contribution is -2.47. The van der Waals surface area contributed by atoms with Crippen LogP contribution in [0.25, 0.3) is 0 Å². The van der Waals surface area contributed by atoms with Crippen molar-refractivity contribution in [3.8, 4) is 0 Å². The Labute approximate surface area is 161 Å². The Kier molecular flexibility index (Phi) is 9.99. The first-order chi connectivity index (χ1) is 12.9. The molecular weight excluding hydrogens is 368 g/mol. The van der Waals surface area contributed by atoms with Crippen LogP contribution in [0.1, 0.15) is 63.2 Å². The first-order valence-electron chi connectivity index (χ1n) is 9.44. The molecule has 1 rings (SSSR count). The molecule has 0 aromatic carbocycles. The monoisotopic (exact) mass is 398 g/mol. The highest BCUT2D eigenvalue weighted by molar-refractivity contribution is 7.92. The van der Waals surface area contributed by atoms with Gasteiger partial charge in [-0.15, -0.1) is 0 Å². The average Bonchev–Trinajstić information content (AvgIpc) is 2.65. The molecule has 0 radical (unpaired) electrons. The predicted octanol–water partition coefficient (Wildman–Crippen LogP) is 2.52. The molecule has 0 aliphatic rings. The van der Waals surface area contributed by atoms with Crippen LogP contribution in [-0.2, 0) is 19.4 Å². The van der Waals surface area contributed by atoms with Gasteiger partial charge in [0.1, 0.15) is 6.04 Å². The summed E-state index contributed by atoms with van der Waals surface area (Å²) in [5.74, 6) is -1.75. The summed E-state index contributed by atoms with van der Waals surface area (Å²) in [5, 5.41) is 1.98. The van der Waals surface area contributed by atoms with Crippen LogP contribution in [0.15, 0.2) is 24.5 Å². The first kappa shape index (κ1) is 23.1. The number of sulfone groups is 1. The van der Waals surface area contributed by atoms with Crippen LogP contribution in [0.4, 0.5) is 0 Å². The molecule has 1 aromatic rings. The maximum atomic E-state index is 12.8. The smallest absolute Gasteiger partial charge is 0.329 e. The van der Waals surface area contributed by atoms with Crippen molar-refractivity contribution in [1.29, 1.82) is 0 Å². The number of hydrogen-bond donors (Lipinski definition) is 1. The highest BCUT2D eigenvalue weighted by Crippen LogP contribution is 2.17. The van der Waals surface area contributed by atoms with E-state index >= 15 is 0 Å². The van der Waals surface area contributed by atoms with Crippen LogP contribution >= 0.6 is 0 Å². The predicted molar refractivity (Wildman–Crippen MR) is 104 cm³/mol. The van der Waals surface area contributed by atoms with Crippen molar-refractivity contribution < 1.29 is 22.7 Å². The molecule has 0 fully saturated rings. The number of nitrogens with one attached hydrogen (secondary N) is 1. The lowest BCUT2D eigenvalue weighted by Gasteiger charge is -2.22. The largest absolute Gasteiger partial charge is 0.464 e. The van der Waals surface area contributed by atoms with Crippen LogP contribution in [0.3, 0.4) is 0 Å². The van der Waals surface area contributed by atoms with Crippen molar-refractivity contribution >= 4 is 21.7 Å². The molecule has 8 heteroatoms. The van der Waals surface area contributed by atoms with Crippen LogP contribution in [-0.4, -0.2) is 48.9 Å². The standard InChI is InChI=1S/C19H30N2O5S/c1-4-8-16(9-5-2)27(24,25)14-17(19(23)26-12-6-3)21-18(22)15-10-7-11-20-13-15/h7,10-11,13,16-17H,4-6,8-9,12,14H2,1-3H3,(H,21,22)/t17-/m1/s1. The number of aromatic nitrogens is 1. The number of carbonyl (C=O) groups excluding carboxylic acids is 2. The van der Waals surface area contributed by atoms with Gasteiger partial charge in [0, 0.05) is 12.4 Å². The lowest BCUT2D eigenvalue weighted by atomic mass is 10.2. The number of carbonyl (C=O) groups is 2. The maximum absolute atomic E-state index is 12.8. The van der Waals surface area contributed by atoms with E-state index in [0.717, 1.165) is 12.8 Å². The Hall–Kier alpha value is -1.96. The van der Waals surface area contributed by atoms with Crippen molar-refractivity contribution in [1.82, 2.24) is 10.3 Å². The Morgan fingerprint density at radius 1 is 1.15 bits per heavy atom. The summed E-state index contributed by atoms with van der Waals surface area (Å²) in [6.45, 7) is 5.86. The molecule has 1 aromatic heterocycles. The van der Waals surface area contributed by atoms with Gasteiger partial charge in [0.15, 0.2) is 9.84 Å². The highest BCUT2D eigenvalue weighted by atomic mass is 32.2. The Morgan fingerprint density at radius 2 is 1.81 bits per heavy atom. The molecule has 1 N–H and O–H groups in total. The van der Waals surface area contributed by atoms with Gasteiger partial charge in [-0.1, -0.05) is 33.6 Å². The molecule has 152 valence electrons. The Balaban J connectivity index is 2.99. The zero-order chi connectivity index (χ0) is 20.3. The van der Waals surface area contributed by atoms with Crippen molar-refractivity contribution in [2.45, 2.75) is 64.2 Å². The van der Waals surface area contributed by atoms with Crippen molar-refractivity contribution in [2.75, 3.05) is 12.4 Å². The van der Waals surface area contributed by atoms with Crippen LogP contribution in [0.2, 0.25) is 0 Å². The second-order valence-corrected chi connectivity index (χ2v) is 8.79. The molecule has 0 saturated carbocycles. The van der Waals surface area contributed by atoms with E-state index in [4.69, 9.17) is 4.74 Å². The fourth-order valence-electron chi connectivity index (χ4n) is 2.73. The van der Waals surface area contributed by atoms with E-state index in [0.29, 0.717) is 19.3 Å².